The van der Waals surface area contributed by atoms with Gasteiger partial charge >= 0.3 is 0 Å². The van der Waals surface area contributed by atoms with E-state index in [1.165, 1.54) is 180 Å². The molecular weight excluding hydrogens is 510 g/mol. The lowest BCUT2D eigenvalue weighted by molar-refractivity contribution is 0.281. The second kappa shape index (κ2) is 33.3. The molecule has 0 fully saturated rings. The standard InChI is InChI=1S/C39H79N3/c1-3-5-7-9-11-13-15-17-19-21-23-25-27-29-31-33-35-39(42,38(41)37-40)36-34-32-30-28-26-24-22-20-18-16-14-12-10-8-6-4-2/h17-20,38H,3-16,21-37,40-42H2,1-2H3/b19-17-,20-18-. The largest absolute Gasteiger partial charge is 0.329 e. The molecular formula is C39H79N3. The Labute approximate surface area is 265 Å². The maximum absolute atomic E-state index is 6.85. The second-order valence-electron chi connectivity index (χ2n) is 13.5. The molecule has 0 aliphatic rings. The van der Waals surface area contributed by atoms with Crippen LogP contribution in [0.2, 0.25) is 0 Å². The minimum atomic E-state index is -0.281. The number of rotatable bonds is 34. The Balaban J connectivity index is 3.71. The fourth-order valence-electron chi connectivity index (χ4n) is 6.13. The van der Waals surface area contributed by atoms with Crippen molar-refractivity contribution in [1.82, 2.24) is 0 Å². The van der Waals surface area contributed by atoms with Crippen LogP contribution in [-0.4, -0.2) is 18.1 Å². The zero-order valence-corrected chi connectivity index (χ0v) is 29.0. The third-order valence-electron chi connectivity index (χ3n) is 9.30. The number of nitrogens with two attached hydrogens (primary N) is 3. The fourth-order valence-corrected chi connectivity index (χ4v) is 6.13. The maximum Gasteiger partial charge on any atom is 0.0346 e. The summed E-state index contributed by atoms with van der Waals surface area (Å²) in [5.74, 6) is 0. The number of unbranched alkanes of at least 4 members (excludes halogenated alkanes) is 24. The van der Waals surface area contributed by atoms with Crippen LogP contribution in [0.15, 0.2) is 24.3 Å². The van der Waals surface area contributed by atoms with Crippen molar-refractivity contribution in [2.24, 2.45) is 17.2 Å². The van der Waals surface area contributed by atoms with Crippen LogP contribution in [0.25, 0.3) is 0 Å². The predicted octanol–water partition coefficient (Wildman–Crippen LogP) is 11.8. The third kappa shape index (κ3) is 28.1. The van der Waals surface area contributed by atoms with E-state index in [1.54, 1.807) is 0 Å². The van der Waals surface area contributed by atoms with Crippen molar-refractivity contribution in [3.63, 3.8) is 0 Å². The van der Waals surface area contributed by atoms with Crippen molar-refractivity contribution < 1.29 is 0 Å². The summed E-state index contributed by atoms with van der Waals surface area (Å²) in [5, 5.41) is 0. The van der Waals surface area contributed by atoms with Gasteiger partial charge < -0.3 is 17.2 Å². The van der Waals surface area contributed by atoms with E-state index < -0.39 is 0 Å². The van der Waals surface area contributed by atoms with E-state index in [0.29, 0.717) is 6.54 Å². The Bertz CT molecular complexity index is 528. The molecule has 1 unspecified atom stereocenters. The van der Waals surface area contributed by atoms with Crippen LogP contribution < -0.4 is 17.2 Å². The van der Waals surface area contributed by atoms with Crippen LogP contribution in [0.1, 0.15) is 206 Å². The van der Waals surface area contributed by atoms with E-state index in [2.05, 4.69) is 38.2 Å². The Morgan fingerprint density at radius 3 is 0.976 bits per heavy atom. The van der Waals surface area contributed by atoms with Gasteiger partial charge in [-0.15, -0.1) is 0 Å². The first-order chi connectivity index (χ1) is 20.6. The molecule has 0 rings (SSSR count). The molecule has 0 aromatic heterocycles. The summed E-state index contributed by atoms with van der Waals surface area (Å²) in [6, 6.07) is -0.0799. The Morgan fingerprint density at radius 1 is 0.429 bits per heavy atom. The average Bonchev–Trinajstić information content (AvgIpc) is 3.00. The van der Waals surface area contributed by atoms with Gasteiger partial charge in [-0.2, -0.15) is 0 Å². The Kier molecular flexibility index (Phi) is 32.8. The number of hydrogen-bond donors (Lipinski definition) is 3. The topological polar surface area (TPSA) is 78.1 Å². The molecule has 0 bridgehead atoms. The monoisotopic (exact) mass is 590 g/mol. The summed E-state index contributed by atoms with van der Waals surface area (Å²) in [5.41, 5.74) is 19.0. The molecule has 0 amide bonds. The van der Waals surface area contributed by atoms with Crippen LogP contribution >= 0.6 is 0 Å². The van der Waals surface area contributed by atoms with Crippen LogP contribution in [0, 0.1) is 0 Å². The van der Waals surface area contributed by atoms with E-state index in [1.807, 2.05) is 0 Å². The predicted molar refractivity (Wildman–Crippen MR) is 192 cm³/mol. The molecule has 1 atom stereocenters. The second-order valence-corrected chi connectivity index (χ2v) is 13.5. The van der Waals surface area contributed by atoms with Gasteiger partial charge in [-0.1, -0.05) is 167 Å². The molecule has 0 saturated carbocycles. The van der Waals surface area contributed by atoms with E-state index in [-0.39, 0.29) is 11.6 Å². The zero-order chi connectivity index (χ0) is 30.8. The van der Waals surface area contributed by atoms with E-state index in [9.17, 15) is 0 Å². The van der Waals surface area contributed by atoms with Gasteiger partial charge in [0.2, 0.25) is 0 Å². The van der Waals surface area contributed by atoms with Gasteiger partial charge in [0.25, 0.3) is 0 Å². The fraction of sp³-hybridized carbons (Fsp3) is 0.897. The summed E-state index contributed by atoms with van der Waals surface area (Å²) < 4.78 is 0. The highest BCUT2D eigenvalue weighted by atomic mass is 14.9. The van der Waals surface area contributed by atoms with Crippen molar-refractivity contribution in [3.8, 4) is 0 Å². The summed E-state index contributed by atoms with van der Waals surface area (Å²) in [7, 11) is 0. The highest BCUT2D eigenvalue weighted by molar-refractivity contribution is 4.94. The molecule has 250 valence electrons. The molecule has 0 heterocycles. The van der Waals surface area contributed by atoms with Crippen molar-refractivity contribution in [2.75, 3.05) is 6.54 Å². The Morgan fingerprint density at radius 2 is 0.690 bits per heavy atom. The average molecular weight is 590 g/mol. The van der Waals surface area contributed by atoms with Crippen molar-refractivity contribution in [3.05, 3.63) is 24.3 Å². The molecule has 6 N–H and O–H groups in total. The lowest BCUT2D eigenvalue weighted by atomic mass is 9.81. The first-order valence-electron chi connectivity index (χ1n) is 19.1. The van der Waals surface area contributed by atoms with Crippen LogP contribution in [-0.2, 0) is 0 Å². The first-order valence-corrected chi connectivity index (χ1v) is 19.1. The van der Waals surface area contributed by atoms with Gasteiger partial charge in [0.05, 0.1) is 0 Å². The molecule has 0 aliphatic carbocycles. The van der Waals surface area contributed by atoms with E-state index in [4.69, 9.17) is 17.2 Å². The molecule has 0 aromatic carbocycles. The summed E-state index contributed by atoms with van der Waals surface area (Å²) in [6.45, 7) is 5.07. The molecule has 0 aromatic rings. The lowest BCUT2D eigenvalue weighted by Gasteiger charge is -2.35. The number of hydrogen-bond acceptors (Lipinski definition) is 3. The van der Waals surface area contributed by atoms with Gasteiger partial charge in [0.1, 0.15) is 0 Å². The molecule has 0 radical (unpaired) electrons. The van der Waals surface area contributed by atoms with Crippen molar-refractivity contribution >= 4 is 0 Å². The molecule has 0 saturated heterocycles. The minimum Gasteiger partial charge on any atom is -0.329 e. The smallest absolute Gasteiger partial charge is 0.0346 e. The van der Waals surface area contributed by atoms with Crippen molar-refractivity contribution in [1.29, 1.82) is 0 Å². The molecule has 3 heteroatoms. The third-order valence-corrected chi connectivity index (χ3v) is 9.30. The summed E-state index contributed by atoms with van der Waals surface area (Å²) >= 11 is 0. The maximum atomic E-state index is 6.85. The molecule has 42 heavy (non-hydrogen) atoms. The lowest BCUT2D eigenvalue weighted by Crippen LogP contribution is -2.58. The van der Waals surface area contributed by atoms with Gasteiger partial charge in [0.15, 0.2) is 0 Å². The van der Waals surface area contributed by atoms with E-state index >= 15 is 0 Å². The van der Waals surface area contributed by atoms with Gasteiger partial charge in [0, 0.05) is 18.1 Å². The van der Waals surface area contributed by atoms with Crippen LogP contribution in [0.4, 0.5) is 0 Å². The summed E-state index contributed by atoms with van der Waals surface area (Å²) in [6.07, 6.45) is 49.1. The number of allylic oxidation sites excluding steroid dienone is 4. The van der Waals surface area contributed by atoms with E-state index in [0.717, 1.165) is 12.8 Å². The van der Waals surface area contributed by atoms with Crippen LogP contribution in [0.5, 0.6) is 0 Å². The minimum absolute atomic E-state index is 0.0799. The van der Waals surface area contributed by atoms with Gasteiger partial charge in [-0.3, -0.25) is 0 Å². The summed E-state index contributed by atoms with van der Waals surface area (Å²) in [4.78, 5) is 0. The van der Waals surface area contributed by atoms with Crippen LogP contribution in [0.3, 0.4) is 0 Å². The Hall–Kier alpha value is -0.640. The zero-order valence-electron chi connectivity index (χ0n) is 29.0. The highest BCUT2D eigenvalue weighted by Gasteiger charge is 2.30. The first kappa shape index (κ1) is 41.4. The SMILES string of the molecule is CCCCCCCC/C=C\CCCCCCCCC(N)(CCCCCCCC/C=C\CCCCCCCC)C(N)CN. The quantitative estimate of drug-likeness (QED) is 0.0516. The van der Waals surface area contributed by atoms with Gasteiger partial charge in [-0.25, -0.2) is 0 Å². The normalized spacial score (nSPS) is 13.2. The molecule has 3 nitrogen and oxygen atoms in total. The van der Waals surface area contributed by atoms with Crippen molar-refractivity contribution in [2.45, 2.75) is 218 Å². The van der Waals surface area contributed by atoms with Gasteiger partial charge in [-0.05, 0) is 64.2 Å². The molecule has 0 aliphatic heterocycles. The highest BCUT2D eigenvalue weighted by Crippen LogP contribution is 2.24. The molecule has 0 spiro atoms.